The Kier molecular flexibility index (Phi) is 4.49. The van der Waals surface area contributed by atoms with Crippen LogP contribution < -0.4 is 10.2 Å². The predicted molar refractivity (Wildman–Crippen MR) is 86.9 cm³/mol. The number of halogens is 3. The standard InChI is InChI=1S/C17H13ClF2N2O2/c18-10-1-6-15(14(20)9-10)22-8-7-13(17(22)24)16(23)21-12-4-2-11(19)3-5-12/h1-6,9,13H,7-8H2,(H,21,23)/t13-/m0/s1. The quantitative estimate of drug-likeness (QED) is 0.860. The van der Waals surface area contributed by atoms with Gasteiger partial charge in [-0.05, 0) is 48.9 Å². The Balaban J connectivity index is 1.73. The summed E-state index contributed by atoms with van der Waals surface area (Å²) < 4.78 is 26.8. The Morgan fingerprint density at radius 2 is 1.88 bits per heavy atom. The molecule has 0 saturated carbocycles. The number of hydrogen-bond donors (Lipinski definition) is 1. The SMILES string of the molecule is O=C(Nc1ccc(F)cc1)[C@@H]1CCN(c2ccc(Cl)cc2F)C1=O. The van der Waals surface area contributed by atoms with Crippen molar-refractivity contribution in [2.75, 3.05) is 16.8 Å². The largest absolute Gasteiger partial charge is 0.325 e. The zero-order valence-corrected chi connectivity index (χ0v) is 13.2. The maximum Gasteiger partial charge on any atom is 0.239 e. The van der Waals surface area contributed by atoms with Crippen LogP contribution in [0.15, 0.2) is 42.5 Å². The van der Waals surface area contributed by atoms with Crippen LogP contribution >= 0.6 is 11.6 Å². The minimum Gasteiger partial charge on any atom is -0.325 e. The highest BCUT2D eigenvalue weighted by Gasteiger charge is 2.38. The lowest BCUT2D eigenvalue weighted by atomic mass is 10.1. The molecule has 2 amide bonds. The van der Waals surface area contributed by atoms with Crippen LogP contribution in [0.4, 0.5) is 20.2 Å². The van der Waals surface area contributed by atoms with Gasteiger partial charge in [-0.25, -0.2) is 8.78 Å². The minimum absolute atomic E-state index is 0.0986. The summed E-state index contributed by atoms with van der Waals surface area (Å²) in [6.07, 6.45) is 0.272. The third-order valence-corrected chi connectivity index (χ3v) is 4.07. The molecule has 2 aromatic rings. The van der Waals surface area contributed by atoms with Gasteiger partial charge in [-0.15, -0.1) is 0 Å². The first-order valence-electron chi connectivity index (χ1n) is 7.28. The second-order valence-electron chi connectivity index (χ2n) is 5.42. The van der Waals surface area contributed by atoms with Crippen molar-refractivity contribution in [3.8, 4) is 0 Å². The summed E-state index contributed by atoms with van der Waals surface area (Å²) >= 11 is 5.71. The maximum atomic E-state index is 14.0. The Morgan fingerprint density at radius 1 is 1.17 bits per heavy atom. The van der Waals surface area contributed by atoms with E-state index >= 15 is 0 Å². The highest BCUT2D eigenvalue weighted by Crippen LogP contribution is 2.29. The molecule has 3 rings (SSSR count). The van der Waals surface area contributed by atoms with Crippen molar-refractivity contribution in [3.63, 3.8) is 0 Å². The number of anilines is 2. The molecule has 1 aliphatic heterocycles. The number of carbonyl (C=O) groups excluding carboxylic acids is 2. The predicted octanol–water partition coefficient (Wildman–Crippen LogP) is 3.61. The lowest BCUT2D eigenvalue weighted by Crippen LogP contribution is -2.33. The second-order valence-corrected chi connectivity index (χ2v) is 5.86. The van der Waals surface area contributed by atoms with Crippen molar-refractivity contribution >= 4 is 34.8 Å². The third-order valence-electron chi connectivity index (χ3n) is 3.83. The summed E-state index contributed by atoms with van der Waals surface area (Å²) in [5.74, 6) is -2.92. The number of rotatable bonds is 3. The first-order valence-corrected chi connectivity index (χ1v) is 7.66. The van der Waals surface area contributed by atoms with E-state index in [1.807, 2.05) is 0 Å². The summed E-state index contributed by atoms with van der Waals surface area (Å²) in [5.41, 5.74) is 0.492. The molecule has 0 spiro atoms. The van der Waals surface area contributed by atoms with E-state index in [2.05, 4.69) is 5.32 Å². The van der Waals surface area contributed by atoms with E-state index in [9.17, 15) is 18.4 Å². The zero-order chi connectivity index (χ0) is 17.3. The molecule has 0 aromatic heterocycles. The average molecular weight is 351 g/mol. The fourth-order valence-electron chi connectivity index (χ4n) is 2.63. The zero-order valence-electron chi connectivity index (χ0n) is 12.4. The maximum absolute atomic E-state index is 14.0. The van der Waals surface area contributed by atoms with Gasteiger partial charge >= 0.3 is 0 Å². The van der Waals surface area contributed by atoms with Crippen molar-refractivity contribution in [3.05, 3.63) is 59.1 Å². The number of nitrogens with zero attached hydrogens (tertiary/aromatic N) is 1. The lowest BCUT2D eigenvalue weighted by molar-refractivity contribution is -0.129. The Hall–Kier alpha value is -2.47. The number of amides is 2. The van der Waals surface area contributed by atoms with Crippen LogP contribution in [0.5, 0.6) is 0 Å². The van der Waals surface area contributed by atoms with Gasteiger partial charge in [-0.3, -0.25) is 9.59 Å². The van der Waals surface area contributed by atoms with Crippen LogP contribution in [0, 0.1) is 17.6 Å². The van der Waals surface area contributed by atoms with Crippen LogP contribution in [0.1, 0.15) is 6.42 Å². The molecular formula is C17H13ClF2N2O2. The van der Waals surface area contributed by atoms with E-state index in [-0.39, 0.29) is 23.7 Å². The summed E-state index contributed by atoms with van der Waals surface area (Å²) in [5, 5.41) is 2.80. The first-order chi connectivity index (χ1) is 11.5. The summed E-state index contributed by atoms with van der Waals surface area (Å²) in [4.78, 5) is 25.9. The molecule has 0 unspecified atom stereocenters. The van der Waals surface area contributed by atoms with Crippen LogP contribution in [0.25, 0.3) is 0 Å². The number of hydrogen-bond acceptors (Lipinski definition) is 2. The molecule has 124 valence electrons. The van der Waals surface area contributed by atoms with Gasteiger partial charge in [-0.1, -0.05) is 11.6 Å². The Labute approximate surface area is 142 Å². The van der Waals surface area contributed by atoms with Crippen molar-refractivity contribution in [1.82, 2.24) is 0 Å². The molecule has 4 nitrogen and oxygen atoms in total. The number of benzene rings is 2. The molecule has 0 radical (unpaired) electrons. The van der Waals surface area contributed by atoms with Crippen molar-refractivity contribution in [2.24, 2.45) is 5.92 Å². The van der Waals surface area contributed by atoms with E-state index in [1.54, 1.807) is 0 Å². The monoisotopic (exact) mass is 350 g/mol. The van der Waals surface area contributed by atoms with Gasteiger partial charge in [0.25, 0.3) is 0 Å². The lowest BCUT2D eigenvalue weighted by Gasteiger charge is -2.17. The molecule has 1 N–H and O–H groups in total. The van der Waals surface area contributed by atoms with Gasteiger partial charge in [0, 0.05) is 17.3 Å². The van der Waals surface area contributed by atoms with Crippen molar-refractivity contribution < 1.29 is 18.4 Å². The molecule has 1 heterocycles. The minimum atomic E-state index is -0.912. The number of carbonyl (C=O) groups is 2. The van der Waals surface area contributed by atoms with Crippen molar-refractivity contribution in [1.29, 1.82) is 0 Å². The molecular weight excluding hydrogens is 338 g/mol. The van der Waals surface area contributed by atoms with E-state index in [0.29, 0.717) is 5.69 Å². The van der Waals surface area contributed by atoms with E-state index in [0.717, 1.165) is 6.07 Å². The van der Waals surface area contributed by atoms with Crippen LogP contribution in [-0.2, 0) is 9.59 Å². The average Bonchev–Trinajstić information content (AvgIpc) is 2.91. The smallest absolute Gasteiger partial charge is 0.239 e. The molecule has 1 atom stereocenters. The van der Waals surface area contributed by atoms with Gasteiger partial charge < -0.3 is 10.2 Å². The van der Waals surface area contributed by atoms with Gasteiger partial charge in [0.2, 0.25) is 11.8 Å². The fraction of sp³-hybridized carbons (Fsp3) is 0.176. The molecule has 1 aliphatic rings. The normalized spacial score (nSPS) is 17.2. The molecule has 7 heteroatoms. The van der Waals surface area contributed by atoms with Crippen LogP contribution in [0.3, 0.4) is 0 Å². The molecule has 0 aliphatic carbocycles. The molecule has 24 heavy (non-hydrogen) atoms. The van der Waals surface area contributed by atoms with Gasteiger partial charge in [0.05, 0.1) is 5.69 Å². The molecule has 1 fully saturated rings. The summed E-state index contributed by atoms with van der Waals surface area (Å²) in [7, 11) is 0. The number of nitrogens with one attached hydrogen (secondary N) is 1. The second kappa shape index (κ2) is 6.57. The van der Waals surface area contributed by atoms with Crippen molar-refractivity contribution in [2.45, 2.75) is 6.42 Å². The van der Waals surface area contributed by atoms with E-state index < -0.39 is 29.4 Å². The van der Waals surface area contributed by atoms with E-state index in [1.165, 1.54) is 41.3 Å². The first kappa shape index (κ1) is 16.4. The van der Waals surface area contributed by atoms with Crippen LogP contribution in [0.2, 0.25) is 5.02 Å². The van der Waals surface area contributed by atoms with E-state index in [4.69, 9.17) is 11.6 Å². The topological polar surface area (TPSA) is 49.4 Å². The third kappa shape index (κ3) is 3.23. The summed E-state index contributed by atoms with van der Waals surface area (Å²) in [6.45, 7) is 0.235. The van der Waals surface area contributed by atoms with Gasteiger partial charge in [-0.2, -0.15) is 0 Å². The van der Waals surface area contributed by atoms with Gasteiger partial charge in [0.1, 0.15) is 17.6 Å². The Bertz CT molecular complexity index is 796. The van der Waals surface area contributed by atoms with Gasteiger partial charge in [0.15, 0.2) is 0 Å². The highest BCUT2D eigenvalue weighted by atomic mass is 35.5. The molecule has 0 bridgehead atoms. The van der Waals surface area contributed by atoms with Crippen LogP contribution in [-0.4, -0.2) is 18.4 Å². The highest BCUT2D eigenvalue weighted by molar-refractivity contribution is 6.30. The molecule has 2 aromatic carbocycles. The Morgan fingerprint density at radius 3 is 2.54 bits per heavy atom. The fourth-order valence-corrected chi connectivity index (χ4v) is 2.78. The molecule has 1 saturated heterocycles. The summed E-state index contributed by atoms with van der Waals surface area (Å²) in [6, 6.07) is 9.25.